The zero-order valence-electron chi connectivity index (χ0n) is 6.69. The van der Waals surface area contributed by atoms with Crippen LogP contribution >= 0.6 is 0 Å². The molecule has 1 aliphatic carbocycles. The Balaban J connectivity index is 2.11. The van der Waals surface area contributed by atoms with Gasteiger partial charge in [0.05, 0.1) is 13.2 Å². The summed E-state index contributed by atoms with van der Waals surface area (Å²) in [6.45, 7) is 0. The molecule has 0 amide bonds. The van der Waals surface area contributed by atoms with Gasteiger partial charge in [-0.25, -0.2) is 4.79 Å². The summed E-state index contributed by atoms with van der Waals surface area (Å²) >= 11 is 0. The van der Waals surface area contributed by atoms with Gasteiger partial charge in [-0.15, -0.1) is 0 Å². The first kappa shape index (κ1) is 7.76. The molecule has 66 valence electrons. The van der Waals surface area contributed by atoms with Gasteiger partial charge in [0.15, 0.2) is 0 Å². The van der Waals surface area contributed by atoms with Crippen LogP contribution in [0.2, 0.25) is 0 Å². The molecular weight excluding hydrogens is 160 g/mol. The third-order valence-electron chi connectivity index (χ3n) is 2.20. The number of aliphatic hydroxyl groups excluding tert-OH is 1. The Kier molecular flexibility index (Phi) is 1.66. The minimum atomic E-state index is -0.641. The van der Waals surface area contributed by atoms with Crippen molar-refractivity contribution in [1.82, 2.24) is 0 Å². The van der Waals surface area contributed by atoms with E-state index in [0.717, 1.165) is 0 Å². The molecule has 2 rings (SSSR count). The van der Waals surface area contributed by atoms with E-state index in [1.54, 1.807) is 0 Å². The van der Waals surface area contributed by atoms with E-state index < -0.39 is 6.10 Å². The van der Waals surface area contributed by atoms with E-state index >= 15 is 0 Å². The summed E-state index contributed by atoms with van der Waals surface area (Å²) < 4.78 is 9.64. The summed E-state index contributed by atoms with van der Waals surface area (Å²) in [6, 6.07) is 0. The summed E-state index contributed by atoms with van der Waals surface area (Å²) in [5.74, 6) is -0.372. The smallest absolute Gasteiger partial charge is 0.333 e. The van der Waals surface area contributed by atoms with Crippen LogP contribution in [-0.4, -0.2) is 36.5 Å². The lowest BCUT2D eigenvalue weighted by Crippen LogP contribution is -2.22. The van der Waals surface area contributed by atoms with Crippen LogP contribution in [0.3, 0.4) is 0 Å². The summed E-state index contributed by atoms with van der Waals surface area (Å²) in [7, 11) is 1.33. The highest BCUT2D eigenvalue weighted by Crippen LogP contribution is 2.36. The van der Waals surface area contributed by atoms with Gasteiger partial charge in [-0.3, -0.25) is 0 Å². The molecule has 0 aromatic carbocycles. The normalized spacial score (nSPS) is 38.2. The van der Waals surface area contributed by atoms with Gasteiger partial charge in [0.2, 0.25) is 0 Å². The molecule has 0 aromatic rings. The molecule has 1 saturated heterocycles. The average Bonchev–Trinajstić information content (AvgIpc) is 2.82. The SMILES string of the molecule is COC(=O)C1=CC(O)C2OC2C1. The fourth-order valence-electron chi connectivity index (χ4n) is 1.49. The summed E-state index contributed by atoms with van der Waals surface area (Å²) in [5.41, 5.74) is 0.517. The predicted molar refractivity (Wildman–Crippen MR) is 39.4 cm³/mol. The maximum atomic E-state index is 11.0. The van der Waals surface area contributed by atoms with E-state index in [0.29, 0.717) is 12.0 Å². The number of ether oxygens (including phenoxy) is 2. The van der Waals surface area contributed by atoms with Crippen LogP contribution in [0.1, 0.15) is 6.42 Å². The molecule has 0 bridgehead atoms. The third kappa shape index (κ3) is 1.13. The van der Waals surface area contributed by atoms with Gasteiger partial charge in [0, 0.05) is 12.0 Å². The van der Waals surface area contributed by atoms with Gasteiger partial charge in [-0.1, -0.05) is 0 Å². The summed E-state index contributed by atoms with van der Waals surface area (Å²) in [4.78, 5) is 11.0. The lowest BCUT2D eigenvalue weighted by atomic mass is 9.98. The van der Waals surface area contributed by atoms with Crippen molar-refractivity contribution in [3.8, 4) is 0 Å². The largest absolute Gasteiger partial charge is 0.466 e. The summed E-state index contributed by atoms with van der Waals surface area (Å²) in [5, 5.41) is 9.33. The number of rotatable bonds is 1. The Morgan fingerprint density at radius 1 is 1.83 bits per heavy atom. The van der Waals surface area contributed by atoms with Gasteiger partial charge in [0.1, 0.15) is 12.2 Å². The Labute approximate surface area is 69.8 Å². The van der Waals surface area contributed by atoms with Crippen LogP contribution in [0.5, 0.6) is 0 Å². The molecule has 4 nitrogen and oxygen atoms in total. The number of carbonyl (C=O) groups is 1. The molecule has 4 heteroatoms. The monoisotopic (exact) mass is 170 g/mol. The van der Waals surface area contributed by atoms with E-state index in [2.05, 4.69) is 4.74 Å². The standard InChI is InChI=1S/C8H10O4/c1-11-8(10)4-2-5(9)7-6(3-4)12-7/h2,5-7,9H,3H2,1H3. The van der Waals surface area contributed by atoms with Crippen molar-refractivity contribution in [2.45, 2.75) is 24.7 Å². The molecule has 3 atom stereocenters. The summed E-state index contributed by atoms with van der Waals surface area (Å²) in [6.07, 6.45) is 1.38. The van der Waals surface area contributed by atoms with Crippen LogP contribution in [0.4, 0.5) is 0 Å². The second-order valence-electron chi connectivity index (χ2n) is 3.02. The van der Waals surface area contributed by atoms with Crippen molar-refractivity contribution >= 4 is 5.97 Å². The van der Waals surface area contributed by atoms with Crippen molar-refractivity contribution < 1.29 is 19.4 Å². The molecule has 1 heterocycles. The Bertz CT molecular complexity index is 245. The molecule has 1 aliphatic heterocycles. The minimum Gasteiger partial charge on any atom is -0.466 e. The minimum absolute atomic E-state index is 0.0269. The number of methoxy groups -OCH3 is 1. The number of fused-ring (bicyclic) bond motifs is 1. The molecule has 1 fully saturated rings. The Morgan fingerprint density at radius 2 is 2.58 bits per heavy atom. The maximum absolute atomic E-state index is 11.0. The topological polar surface area (TPSA) is 59.1 Å². The zero-order valence-corrected chi connectivity index (χ0v) is 6.69. The zero-order chi connectivity index (χ0) is 8.72. The molecule has 0 radical (unpaired) electrons. The van der Waals surface area contributed by atoms with Crippen LogP contribution in [-0.2, 0) is 14.3 Å². The molecule has 0 spiro atoms. The predicted octanol–water partition coefficient (Wildman–Crippen LogP) is -0.382. The van der Waals surface area contributed by atoms with Crippen LogP contribution in [0, 0.1) is 0 Å². The number of hydrogen-bond donors (Lipinski definition) is 1. The molecule has 0 aromatic heterocycles. The van der Waals surface area contributed by atoms with Crippen molar-refractivity contribution in [3.05, 3.63) is 11.6 Å². The molecule has 12 heavy (non-hydrogen) atoms. The Morgan fingerprint density at radius 3 is 3.17 bits per heavy atom. The molecule has 2 aliphatic rings. The highest BCUT2D eigenvalue weighted by molar-refractivity contribution is 5.88. The van der Waals surface area contributed by atoms with Crippen LogP contribution in [0.15, 0.2) is 11.6 Å². The van der Waals surface area contributed by atoms with Gasteiger partial charge >= 0.3 is 5.97 Å². The quantitative estimate of drug-likeness (QED) is 0.430. The lowest BCUT2D eigenvalue weighted by molar-refractivity contribution is -0.136. The van der Waals surface area contributed by atoms with Crippen molar-refractivity contribution in [1.29, 1.82) is 0 Å². The van der Waals surface area contributed by atoms with Crippen molar-refractivity contribution in [2.75, 3.05) is 7.11 Å². The highest BCUT2D eigenvalue weighted by Gasteiger charge is 2.47. The number of esters is 1. The van der Waals surface area contributed by atoms with Gasteiger partial charge in [-0.2, -0.15) is 0 Å². The average molecular weight is 170 g/mol. The molecule has 0 saturated carbocycles. The number of epoxide rings is 1. The van der Waals surface area contributed by atoms with Crippen LogP contribution in [0.25, 0.3) is 0 Å². The van der Waals surface area contributed by atoms with E-state index in [-0.39, 0.29) is 18.2 Å². The Hall–Kier alpha value is -0.870. The molecule has 3 unspecified atom stereocenters. The highest BCUT2D eigenvalue weighted by atomic mass is 16.6. The van der Waals surface area contributed by atoms with E-state index in [9.17, 15) is 9.90 Å². The fraction of sp³-hybridized carbons (Fsp3) is 0.625. The third-order valence-corrected chi connectivity index (χ3v) is 2.20. The molecule has 1 N–H and O–H groups in total. The number of hydrogen-bond acceptors (Lipinski definition) is 4. The first-order valence-corrected chi connectivity index (χ1v) is 3.85. The first-order valence-electron chi connectivity index (χ1n) is 3.85. The number of aliphatic hydroxyl groups is 1. The van der Waals surface area contributed by atoms with Gasteiger partial charge in [0.25, 0.3) is 0 Å². The van der Waals surface area contributed by atoms with E-state index in [1.807, 2.05) is 0 Å². The fourth-order valence-corrected chi connectivity index (χ4v) is 1.49. The van der Waals surface area contributed by atoms with E-state index in [1.165, 1.54) is 13.2 Å². The van der Waals surface area contributed by atoms with E-state index in [4.69, 9.17) is 4.74 Å². The second-order valence-corrected chi connectivity index (χ2v) is 3.02. The number of carbonyl (C=O) groups excluding carboxylic acids is 1. The maximum Gasteiger partial charge on any atom is 0.333 e. The van der Waals surface area contributed by atoms with Gasteiger partial charge in [-0.05, 0) is 6.08 Å². The van der Waals surface area contributed by atoms with Crippen molar-refractivity contribution in [3.63, 3.8) is 0 Å². The van der Waals surface area contributed by atoms with Crippen LogP contribution < -0.4 is 0 Å². The van der Waals surface area contributed by atoms with Crippen molar-refractivity contribution in [2.24, 2.45) is 0 Å². The first-order chi connectivity index (χ1) is 5.72. The van der Waals surface area contributed by atoms with Gasteiger partial charge < -0.3 is 14.6 Å². The molecular formula is C8H10O4. The lowest BCUT2D eigenvalue weighted by Gasteiger charge is -2.10. The second kappa shape index (κ2) is 2.57.